The van der Waals surface area contributed by atoms with Gasteiger partial charge in [-0.2, -0.15) is 0 Å². The lowest BCUT2D eigenvalue weighted by atomic mass is 9.45. The second kappa shape index (κ2) is 6.56. The SMILES string of the molecule is C[C@]12CCC3(CC1=CCC1C2[C@@H](O)C[C@@]2(C)C1CCC21OCOC12COCO2)OCCO3. The van der Waals surface area contributed by atoms with Gasteiger partial charge in [-0.1, -0.05) is 25.5 Å². The number of fused-ring (bicyclic) bond motifs is 7. The summed E-state index contributed by atoms with van der Waals surface area (Å²) in [5, 5.41) is 11.8. The average Bonchev–Trinajstić information content (AvgIpc) is 3.54. The topological polar surface area (TPSA) is 75.6 Å². The fourth-order valence-corrected chi connectivity index (χ4v) is 9.45. The van der Waals surface area contributed by atoms with Crippen molar-refractivity contribution in [2.75, 3.05) is 33.4 Å². The van der Waals surface area contributed by atoms with Crippen LogP contribution in [0, 0.1) is 28.6 Å². The summed E-state index contributed by atoms with van der Waals surface area (Å²) in [6, 6.07) is 0. The third-order valence-corrected chi connectivity index (χ3v) is 10.9. The van der Waals surface area contributed by atoms with Gasteiger partial charge in [0.25, 0.3) is 0 Å². The van der Waals surface area contributed by atoms with Crippen LogP contribution in [0.1, 0.15) is 58.8 Å². The first-order chi connectivity index (χ1) is 15.4. The summed E-state index contributed by atoms with van der Waals surface area (Å²) in [5.74, 6) is -0.112. The van der Waals surface area contributed by atoms with Crippen LogP contribution in [0.3, 0.4) is 0 Å². The van der Waals surface area contributed by atoms with E-state index in [-0.39, 0.29) is 36.4 Å². The Morgan fingerprint density at radius 1 is 0.969 bits per heavy atom. The highest BCUT2D eigenvalue weighted by molar-refractivity contribution is 5.29. The van der Waals surface area contributed by atoms with Crippen LogP contribution >= 0.6 is 0 Å². The predicted molar refractivity (Wildman–Crippen MR) is 112 cm³/mol. The van der Waals surface area contributed by atoms with Crippen LogP contribution < -0.4 is 0 Å². The normalized spacial score (nSPS) is 55.9. The molecule has 7 heteroatoms. The molecule has 178 valence electrons. The van der Waals surface area contributed by atoms with E-state index in [4.69, 9.17) is 28.4 Å². The van der Waals surface area contributed by atoms with E-state index in [1.165, 1.54) is 5.57 Å². The molecule has 0 aromatic heterocycles. The molecule has 7 nitrogen and oxygen atoms in total. The van der Waals surface area contributed by atoms with Crippen LogP contribution in [-0.4, -0.2) is 61.8 Å². The number of rotatable bonds is 0. The Balaban J connectivity index is 1.25. The van der Waals surface area contributed by atoms with E-state index in [2.05, 4.69) is 19.9 Å². The first kappa shape index (κ1) is 20.8. The summed E-state index contributed by atoms with van der Waals surface area (Å²) in [6.07, 6.45) is 8.54. The Morgan fingerprint density at radius 3 is 2.56 bits per heavy atom. The molecule has 1 N–H and O–H groups in total. The Labute approximate surface area is 189 Å². The molecule has 7 aliphatic rings. The number of hydrogen-bond acceptors (Lipinski definition) is 7. The van der Waals surface area contributed by atoms with Gasteiger partial charge in [0.05, 0.1) is 19.3 Å². The fraction of sp³-hybridized carbons (Fsp3) is 0.920. The maximum Gasteiger partial charge on any atom is 0.226 e. The molecule has 5 unspecified atom stereocenters. The number of aliphatic hydroxyl groups excluding tert-OH is 1. The molecule has 0 radical (unpaired) electrons. The van der Waals surface area contributed by atoms with Crippen molar-refractivity contribution in [2.45, 2.75) is 82.1 Å². The molecule has 3 aliphatic heterocycles. The maximum atomic E-state index is 11.8. The number of hydrogen-bond donors (Lipinski definition) is 1. The molecular weight excluding hydrogens is 412 g/mol. The fourth-order valence-electron chi connectivity index (χ4n) is 9.45. The molecule has 3 heterocycles. The van der Waals surface area contributed by atoms with Gasteiger partial charge in [-0.3, -0.25) is 0 Å². The molecular formula is C25H36O7. The first-order valence-electron chi connectivity index (χ1n) is 12.5. The highest BCUT2D eigenvalue weighted by atomic mass is 16.9. The molecule has 7 rings (SSSR count). The summed E-state index contributed by atoms with van der Waals surface area (Å²) < 4.78 is 36.4. The Bertz CT molecular complexity index is 825. The van der Waals surface area contributed by atoms with Crippen molar-refractivity contribution in [3.63, 3.8) is 0 Å². The zero-order valence-electron chi connectivity index (χ0n) is 19.3. The van der Waals surface area contributed by atoms with Crippen molar-refractivity contribution in [2.24, 2.45) is 28.6 Å². The highest BCUT2D eigenvalue weighted by Crippen LogP contribution is 2.71. The number of aliphatic hydroxyl groups is 1. The van der Waals surface area contributed by atoms with Crippen LogP contribution in [0.4, 0.5) is 0 Å². The smallest absolute Gasteiger partial charge is 0.226 e. The van der Waals surface area contributed by atoms with Gasteiger partial charge in [0.1, 0.15) is 12.2 Å². The molecule has 0 bridgehead atoms. The predicted octanol–water partition coefficient (Wildman–Crippen LogP) is 3.11. The monoisotopic (exact) mass is 448 g/mol. The van der Waals surface area contributed by atoms with Gasteiger partial charge in [-0.15, -0.1) is 0 Å². The molecule has 6 fully saturated rings. The van der Waals surface area contributed by atoms with Gasteiger partial charge >= 0.3 is 0 Å². The standard InChI is InChI=1S/C25H36O7/c1-21-7-8-23(28-9-10-29-23)11-16(21)3-4-17-18-5-6-24(22(18,2)12-19(26)20(17)21)25(32-15-30-24)13-27-14-31-25/h3,17-20,26H,4-15H2,1-2H3/t17?,18?,19-,20?,21-,22-,24?,25?/m0/s1. The van der Waals surface area contributed by atoms with Gasteiger partial charge in [-0.05, 0) is 55.3 Å². The van der Waals surface area contributed by atoms with E-state index >= 15 is 0 Å². The summed E-state index contributed by atoms with van der Waals surface area (Å²) >= 11 is 0. The van der Waals surface area contributed by atoms with E-state index < -0.39 is 17.2 Å². The van der Waals surface area contributed by atoms with Crippen molar-refractivity contribution in [3.8, 4) is 0 Å². The second-order valence-corrected chi connectivity index (χ2v) is 11.8. The lowest BCUT2D eigenvalue weighted by Crippen LogP contribution is -2.66. The van der Waals surface area contributed by atoms with Crippen LogP contribution in [0.5, 0.6) is 0 Å². The molecule has 3 saturated heterocycles. The van der Waals surface area contributed by atoms with E-state index in [0.29, 0.717) is 38.1 Å². The zero-order valence-corrected chi connectivity index (χ0v) is 19.3. The minimum atomic E-state index is -0.836. The van der Waals surface area contributed by atoms with E-state index in [9.17, 15) is 5.11 Å². The van der Waals surface area contributed by atoms with E-state index in [1.807, 2.05) is 0 Å². The summed E-state index contributed by atoms with van der Waals surface area (Å²) in [6.45, 7) is 6.98. The highest BCUT2D eigenvalue weighted by Gasteiger charge is 2.76. The molecule has 0 aromatic rings. The number of allylic oxidation sites excluding steroid dienone is 1. The van der Waals surface area contributed by atoms with Crippen LogP contribution in [0.15, 0.2) is 11.6 Å². The van der Waals surface area contributed by atoms with Gasteiger partial charge in [0, 0.05) is 18.3 Å². The van der Waals surface area contributed by atoms with Crippen molar-refractivity contribution in [3.05, 3.63) is 11.6 Å². The molecule has 0 amide bonds. The Kier molecular flexibility index (Phi) is 4.27. The summed E-state index contributed by atoms with van der Waals surface area (Å²) in [7, 11) is 0. The summed E-state index contributed by atoms with van der Waals surface area (Å²) in [5.41, 5.74) is 0.664. The van der Waals surface area contributed by atoms with Crippen molar-refractivity contribution >= 4 is 0 Å². The zero-order chi connectivity index (χ0) is 21.8. The lowest BCUT2D eigenvalue weighted by Gasteiger charge is -2.62. The lowest BCUT2D eigenvalue weighted by molar-refractivity contribution is -0.258. The molecule has 4 aliphatic carbocycles. The quantitative estimate of drug-likeness (QED) is 0.571. The maximum absolute atomic E-state index is 11.8. The Morgan fingerprint density at radius 2 is 1.78 bits per heavy atom. The van der Waals surface area contributed by atoms with E-state index in [0.717, 1.165) is 38.5 Å². The minimum absolute atomic E-state index is 0.00231. The molecule has 8 atom stereocenters. The van der Waals surface area contributed by atoms with Crippen molar-refractivity contribution < 1.29 is 33.5 Å². The molecule has 3 saturated carbocycles. The average molecular weight is 449 g/mol. The van der Waals surface area contributed by atoms with Gasteiger partial charge in [0.15, 0.2) is 19.4 Å². The Hall–Kier alpha value is -0.540. The molecule has 3 spiro atoms. The van der Waals surface area contributed by atoms with Gasteiger partial charge in [0.2, 0.25) is 5.79 Å². The third-order valence-electron chi connectivity index (χ3n) is 10.9. The van der Waals surface area contributed by atoms with Crippen LogP contribution in [-0.2, 0) is 28.4 Å². The van der Waals surface area contributed by atoms with Crippen LogP contribution in [0.2, 0.25) is 0 Å². The van der Waals surface area contributed by atoms with Crippen molar-refractivity contribution in [1.82, 2.24) is 0 Å². The largest absolute Gasteiger partial charge is 0.393 e. The first-order valence-corrected chi connectivity index (χ1v) is 12.5. The van der Waals surface area contributed by atoms with Crippen LogP contribution in [0.25, 0.3) is 0 Å². The molecule has 32 heavy (non-hydrogen) atoms. The van der Waals surface area contributed by atoms with Crippen molar-refractivity contribution in [1.29, 1.82) is 0 Å². The molecule has 0 aromatic carbocycles. The minimum Gasteiger partial charge on any atom is -0.393 e. The second-order valence-electron chi connectivity index (χ2n) is 11.8. The number of ether oxygens (including phenoxy) is 6. The van der Waals surface area contributed by atoms with Gasteiger partial charge < -0.3 is 33.5 Å². The van der Waals surface area contributed by atoms with E-state index in [1.54, 1.807) is 0 Å². The summed E-state index contributed by atoms with van der Waals surface area (Å²) in [4.78, 5) is 0. The third kappa shape index (κ3) is 2.32. The van der Waals surface area contributed by atoms with Gasteiger partial charge in [-0.25, -0.2) is 0 Å².